The molecule has 21 heavy (non-hydrogen) atoms. The smallest absolute Gasteiger partial charge is 0.352 e. The van der Waals surface area contributed by atoms with E-state index in [0.717, 1.165) is 0 Å². The molecule has 1 aromatic carbocycles. The van der Waals surface area contributed by atoms with Crippen molar-refractivity contribution in [1.29, 1.82) is 0 Å². The molecule has 0 saturated heterocycles. The van der Waals surface area contributed by atoms with E-state index < -0.39 is 18.5 Å². The van der Waals surface area contributed by atoms with Gasteiger partial charge in [-0.25, -0.2) is 0 Å². The minimum Gasteiger partial charge on any atom is -0.352 e. The van der Waals surface area contributed by atoms with Gasteiger partial charge in [0.15, 0.2) is 0 Å². The molecule has 3 nitrogen and oxygen atoms in total. The molecule has 0 bridgehead atoms. The van der Waals surface area contributed by atoms with E-state index in [1.165, 1.54) is 0 Å². The Morgan fingerprint density at radius 1 is 1.38 bits per heavy atom. The normalized spacial score (nSPS) is 10.7. The third kappa shape index (κ3) is 5.88. The quantitative estimate of drug-likeness (QED) is 0.662. The summed E-state index contributed by atoms with van der Waals surface area (Å²) in [4.78, 5) is 12.0. The van der Waals surface area contributed by atoms with Crippen LogP contribution in [-0.2, 0) is 0 Å². The van der Waals surface area contributed by atoms with Crippen LogP contribution in [0.25, 0.3) is 0 Å². The number of benzene rings is 1. The molecule has 0 aliphatic rings. The number of nitrogens with one attached hydrogen (secondary N) is 1. The SMILES string of the molecule is Cc1c(C#CCN)cccc1C(=O)NCCCC(F)(F)F. The van der Waals surface area contributed by atoms with Crippen LogP contribution >= 0.6 is 0 Å². The van der Waals surface area contributed by atoms with Crippen molar-refractivity contribution in [3.63, 3.8) is 0 Å². The zero-order valence-corrected chi connectivity index (χ0v) is 11.7. The molecule has 0 saturated carbocycles. The average Bonchev–Trinajstić information content (AvgIpc) is 2.41. The first-order valence-electron chi connectivity index (χ1n) is 6.48. The van der Waals surface area contributed by atoms with Crippen LogP contribution in [0.5, 0.6) is 0 Å². The molecule has 0 heterocycles. The Bertz CT molecular complexity index is 556. The molecule has 0 aliphatic carbocycles. The molecule has 0 aromatic heterocycles. The number of hydrogen-bond donors (Lipinski definition) is 2. The van der Waals surface area contributed by atoms with E-state index >= 15 is 0 Å². The summed E-state index contributed by atoms with van der Waals surface area (Å²) < 4.78 is 36.0. The van der Waals surface area contributed by atoms with Crippen LogP contribution in [0.3, 0.4) is 0 Å². The van der Waals surface area contributed by atoms with E-state index in [1.54, 1.807) is 25.1 Å². The molecular weight excluding hydrogens is 281 g/mol. The second-order valence-electron chi connectivity index (χ2n) is 4.46. The standard InChI is InChI=1S/C15H17F3N2O/c1-11-12(6-3-9-19)5-2-7-13(11)14(21)20-10-4-8-15(16,17)18/h2,5,7H,4,8-10,19H2,1H3,(H,20,21). The van der Waals surface area contributed by atoms with Crippen molar-refractivity contribution in [3.8, 4) is 11.8 Å². The van der Waals surface area contributed by atoms with Gasteiger partial charge in [0.05, 0.1) is 6.54 Å². The first-order chi connectivity index (χ1) is 9.85. The van der Waals surface area contributed by atoms with Gasteiger partial charge in [-0.1, -0.05) is 17.9 Å². The lowest BCUT2D eigenvalue weighted by Crippen LogP contribution is -2.26. The number of carbonyl (C=O) groups is 1. The fourth-order valence-corrected chi connectivity index (χ4v) is 1.75. The van der Waals surface area contributed by atoms with Crippen molar-refractivity contribution in [2.45, 2.75) is 25.9 Å². The molecule has 1 aromatic rings. The van der Waals surface area contributed by atoms with Gasteiger partial charge < -0.3 is 11.1 Å². The molecule has 114 valence electrons. The first kappa shape index (κ1) is 17.1. The Balaban J connectivity index is 2.66. The predicted molar refractivity (Wildman–Crippen MR) is 74.7 cm³/mol. The molecule has 0 unspecified atom stereocenters. The highest BCUT2D eigenvalue weighted by atomic mass is 19.4. The minimum atomic E-state index is -4.20. The highest BCUT2D eigenvalue weighted by Crippen LogP contribution is 2.20. The van der Waals surface area contributed by atoms with Crippen LogP contribution in [0.15, 0.2) is 18.2 Å². The van der Waals surface area contributed by atoms with E-state index in [1.807, 2.05) is 0 Å². The Morgan fingerprint density at radius 3 is 2.71 bits per heavy atom. The van der Waals surface area contributed by atoms with Crippen LogP contribution in [-0.4, -0.2) is 25.2 Å². The van der Waals surface area contributed by atoms with Gasteiger partial charge in [-0.15, -0.1) is 0 Å². The topological polar surface area (TPSA) is 55.1 Å². The summed E-state index contributed by atoms with van der Waals surface area (Å²) in [5.74, 6) is 5.16. The van der Waals surface area contributed by atoms with Gasteiger partial charge in [0.1, 0.15) is 0 Å². The summed E-state index contributed by atoms with van der Waals surface area (Å²) in [6.45, 7) is 1.94. The molecule has 0 fully saturated rings. The fraction of sp³-hybridized carbons (Fsp3) is 0.400. The van der Waals surface area contributed by atoms with Crippen molar-refractivity contribution >= 4 is 5.91 Å². The van der Waals surface area contributed by atoms with Gasteiger partial charge in [0.25, 0.3) is 5.91 Å². The number of rotatable bonds is 4. The van der Waals surface area contributed by atoms with E-state index in [2.05, 4.69) is 17.2 Å². The predicted octanol–water partition coefficient (Wildman–Crippen LogP) is 2.38. The van der Waals surface area contributed by atoms with Crippen LogP contribution in [0, 0.1) is 18.8 Å². The molecule has 3 N–H and O–H groups in total. The molecule has 0 radical (unpaired) electrons. The van der Waals surface area contributed by atoms with Gasteiger partial charge in [-0.2, -0.15) is 13.2 Å². The summed E-state index contributed by atoms with van der Waals surface area (Å²) >= 11 is 0. The number of hydrogen-bond acceptors (Lipinski definition) is 2. The lowest BCUT2D eigenvalue weighted by Gasteiger charge is -2.10. The summed E-state index contributed by atoms with van der Waals surface area (Å²) in [6, 6.07) is 5.05. The lowest BCUT2D eigenvalue weighted by molar-refractivity contribution is -0.135. The molecule has 0 atom stereocenters. The third-order valence-electron chi connectivity index (χ3n) is 2.83. The third-order valence-corrected chi connectivity index (χ3v) is 2.83. The van der Waals surface area contributed by atoms with E-state index in [4.69, 9.17) is 5.73 Å². The van der Waals surface area contributed by atoms with Gasteiger partial charge in [0, 0.05) is 24.1 Å². The zero-order chi connectivity index (χ0) is 15.9. The van der Waals surface area contributed by atoms with Crippen molar-refractivity contribution < 1.29 is 18.0 Å². The second-order valence-corrected chi connectivity index (χ2v) is 4.46. The number of carbonyl (C=O) groups excluding carboxylic acids is 1. The van der Waals surface area contributed by atoms with Crippen molar-refractivity contribution in [3.05, 3.63) is 34.9 Å². The average molecular weight is 298 g/mol. The molecule has 6 heteroatoms. The Morgan fingerprint density at radius 2 is 2.10 bits per heavy atom. The van der Waals surface area contributed by atoms with Crippen molar-refractivity contribution in [1.82, 2.24) is 5.32 Å². The number of halogens is 3. The molecule has 0 spiro atoms. The van der Waals surface area contributed by atoms with Gasteiger partial charge in [-0.05, 0) is 31.0 Å². The maximum absolute atomic E-state index is 12.0. The minimum absolute atomic E-state index is 0.0174. The molecule has 1 amide bonds. The van der Waals surface area contributed by atoms with Crippen LogP contribution in [0.2, 0.25) is 0 Å². The van der Waals surface area contributed by atoms with Gasteiger partial charge in [-0.3, -0.25) is 4.79 Å². The van der Waals surface area contributed by atoms with Crippen LogP contribution in [0.4, 0.5) is 13.2 Å². The van der Waals surface area contributed by atoms with E-state index in [0.29, 0.717) is 16.7 Å². The highest BCUT2D eigenvalue weighted by Gasteiger charge is 2.26. The largest absolute Gasteiger partial charge is 0.389 e. The fourth-order valence-electron chi connectivity index (χ4n) is 1.75. The summed E-state index contributed by atoms with van der Waals surface area (Å²) in [7, 11) is 0. The molecule has 0 aliphatic heterocycles. The van der Waals surface area contributed by atoms with Crippen LogP contribution < -0.4 is 11.1 Å². The molecular formula is C15H17F3N2O. The lowest BCUT2D eigenvalue weighted by atomic mass is 10.0. The second kappa shape index (κ2) is 7.70. The number of alkyl halides is 3. The number of amides is 1. The van der Waals surface area contributed by atoms with Crippen molar-refractivity contribution in [2.24, 2.45) is 5.73 Å². The Labute approximate surface area is 121 Å². The summed E-state index contributed by atoms with van der Waals surface area (Å²) in [5, 5.41) is 2.48. The molecule has 1 rings (SSSR count). The number of nitrogens with two attached hydrogens (primary N) is 1. The van der Waals surface area contributed by atoms with E-state index in [9.17, 15) is 18.0 Å². The Hall–Kier alpha value is -2.00. The summed E-state index contributed by atoms with van der Waals surface area (Å²) in [6.07, 6.45) is -5.24. The van der Waals surface area contributed by atoms with Gasteiger partial charge >= 0.3 is 6.18 Å². The summed E-state index contributed by atoms with van der Waals surface area (Å²) in [5.41, 5.74) is 7.07. The first-order valence-corrected chi connectivity index (χ1v) is 6.48. The van der Waals surface area contributed by atoms with E-state index in [-0.39, 0.29) is 19.5 Å². The Kier molecular flexibility index (Phi) is 6.25. The maximum Gasteiger partial charge on any atom is 0.389 e. The van der Waals surface area contributed by atoms with Crippen molar-refractivity contribution in [2.75, 3.05) is 13.1 Å². The zero-order valence-electron chi connectivity index (χ0n) is 11.7. The monoisotopic (exact) mass is 298 g/mol. The highest BCUT2D eigenvalue weighted by molar-refractivity contribution is 5.96. The van der Waals surface area contributed by atoms with Crippen LogP contribution in [0.1, 0.15) is 34.3 Å². The maximum atomic E-state index is 12.0. The van der Waals surface area contributed by atoms with Gasteiger partial charge in [0.2, 0.25) is 0 Å².